The maximum atomic E-state index is 13.8. The molecule has 4 nitrogen and oxygen atoms in total. The first-order valence-corrected chi connectivity index (χ1v) is 8.04. The molecule has 0 aromatic heterocycles. The van der Waals surface area contributed by atoms with Gasteiger partial charge in [-0.2, -0.15) is 0 Å². The van der Waals surface area contributed by atoms with Gasteiger partial charge in [-0.05, 0) is 37.1 Å². The fourth-order valence-electron chi connectivity index (χ4n) is 2.92. The van der Waals surface area contributed by atoms with Gasteiger partial charge in [0, 0.05) is 6.54 Å². The number of carbonyl (C=O) groups is 1. The number of aryl methyl sites for hydroxylation is 1. The number of rotatable bonds is 4. The largest absolute Gasteiger partial charge is 0.490 e. The minimum atomic E-state index is -1.22. The van der Waals surface area contributed by atoms with Crippen molar-refractivity contribution in [3.8, 4) is 5.75 Å². The van der Waals surface area contributed by atoms with E-state index in [0.29, 0.717) is 12.2 Å². The van der Waals surface area contributed by atoms with Crippen molar-refractivity contribution in [3.63, 3.8) is 0 Å². The first kappa shape index (κ1) is 17.4. The Morgan fingerprint density at radius 3 is 2.76 bits per heavy atom. The number of β-amino-alcohol motifs (C(OH)–C–C–N with tert-alkyl or cyclic N) is 1. The summed E-state index contributed by atoms with van der Waals surface area (Å²) in [6, 6.07) is 10.9. The molecule has 132 valence electrons. The van der Waals surface area contributed by atoms with Gasteiger partial charge in [-0.15, -0.1) is 0 Å². The number of hydrogen-bond donors (Lipinski definition) is 1. The Labute approximate surface area is 144 Å². The van der Waals surface area contributed by atoms with E-state index in [-0.39, 0.29) is 25.3 Å². The number of benzene rings is 2. The van der Waals surface area contributed by atoms with Crippen LogP contribution >= 0.6 is 0 Å². The van der Waals surface area contributed by atoms with Gasteiger partial charge in [0.2, 0.25) is 0 Å². The molecule has 0 radical (unpaired) electrons. The van der Waals surface area contributed by atoms with Crippen LogP contribution in [-0.2, 0) is 0 Å². The summed E-state index contributed by atoms with van der Waals surface area (Å²) in [5.41, 5.74) is -0.607. The molecule has 25 heavy (non-hydrogen) atoms. The van der Waals surface area contributed by atoms with E-state index < -0.39 is 23.1 Å². The van der Waals surface area contributed by atoms with Crippen molar-refractivity contribution in [1.29, 1.82) is 0 Å². The SMILES string of the molecule is Cc1ccccc1OCC1(O)CCN(C(=O)c2cccc(F)c2F)C1. The summed E-state index contributed by atoms with van der Waals surface area (Å²) in [7, 11) is 0. The van der Waals surface area contributed by atoms with Crippen molar-refractivity contribution in [2.45, 2.75) is 18.9 Å². The highest BCUT2D eigenvalue weighted by atomic mass is 19.2. The van der Waals surface area contributed by atoms with Crippen LogP contribution in [0.5, 0.6) is 5.75 Å². The average Bonchev–Trinajstić information content (AvgIpc) is 2.99. The van der Waals surface area contributed by atoms with Crippen LogP contribution in [-0.4, -0.2) is 41.2 Å². The monoisotopic (exact) mass is 347 g/mol. The van der Waals surface area contributed by atoms with Crippen molar-refractivity contribution < 1.29 is 23.4 Å². The Morgan fingerprint density at radius 2 is 2.00 bits per heavy atom. The van der Waals surface area contributed by atoms with Crippen LogP contribution in [0.25, 0.3) is 0 Å². The second kappa shape index (κ2) is 6.80. The lowest BCUT2D eigenvalue weighted by Crippen LogP contribution is -2.41. The molecular formula is C19H19F2NO3. The van der Waals surface area contributed by atoms with Crippen LogP contribution < -0.4 is 4.74 Å². The Hall–Kier alpha value is -2.47. The van der Waals surface area contributed by atoms with E-state index in [4.69, 9.17) is 4.74 Å². The molecule has 0 bridgehead atoms. The van der Waals surface area contributed by atoms with Crippen molar-refractivity contribution >= 4 is 5.91 Å². The van der Waals surface area contributed by atoms with Gasteiger partial charge < -0.3 is 14.7 Å². The zero-order chi connectivity index (χ0) is 18.0. The molecule has 2 aromatic rings. The van der Waals surface area contributed by atoms with Gasteiger partial charge in [-0.3, -0.25) is 4.79 Å². The molecule has 1 fully saturated rings. The molecule has 2 aromatic carbocycles. The molecule has 1 heterocycles. The zero-order valence-electron chi connectivity index (χ0n) is 13.8. The lowest BCUT2D eigenvalue weighted by atomic mass is 10.1. The van der Waals surface area contributed by atoms with Crippen LogP contribution in [0, 0.1) is 18.6 Å². The molecule has 3 rings (SSSR count). The summed E-state index contributed by atoms with van der Waals surface area (Å²) in [4.78, 5) is 13.7. The lowest BCUT2D eigenvalue weighted by molar-refractivity contribution is 0.00407. The fourth-order valence-corrected chi connectivity index (χ4v) is 2.92. The lowest BCUT2D eigenvalue weighted by Gasteiger charge is -2.24. The molecule has 1 saturated heterocycles. The van der Waals surface area contributed by atoms with Gasteiger partial charge in [0.1, 0.15) is 18.0 Å². The standard InChI is InChI=1S/C19H19F2NO3/c1-13-5-2-3-8-16(13)25-12-19(24)9-10-22(11-19)18(23)14-6-4-7-15(20)17(14)21/h2-8,24H,9-12H2,1H3. The molecule has 1 atom stereocenters. The van der Waals surface area contributed by atoms with Gasteiger partial charge in [0.05, 0.1) is 12.1 Å². The third-order valence-electron chi connectivity index (χ3n) is 4.39. The first-order chi connectivity index (χ1) is 11.9. The van der Waals surface area contributed by atoms with E-state index in [2.05, 4.69) is 0 Å². The van der Waals surface area contributed by atoms with Crippen LogP contribution in [0.4, 0.5) is 8.78 Å². The number of carbonyl (C=O) groups excluding carboxylic acids is 1. The minimum absolute atomic E-state index is 0.00761. The Kier molecular flexibility index (Phi) is 4.72. The number of para-hydroxylation sites is 1. The third kappa shape index (κ3) is 3.64. The van der Waals surface area contributed by atoms with Crippen molar-refractivity contribution in [2.24, 2.45) is 0 Å². The molecule has 1 unspecified atom stereocenters. The van der Waals surface area contributed by atoms with E-state index in [1.165, 1.54) is 17.0 Å². The summed E-state index contributed by atoms with van der Waals surface area (Å²) in [6.45, 7) is 2.18. The highest BCUT2D eigenvalue weighted by molar-refractivity contribution is 5.94. The molecule has 1 aliphatic heterocycles. The quantitative estimate of drug-likeness (QED) is 0.925. The molecule has 1 N–H and O–H groups in total. The molecule has 1 amide bonds. The van der Waals surface area contributed by atoms with Crippen LogP contribution in [0.3, 0.4) is 0 Å². The highest BCUT2D eigenvalue weighted by Crippen LogP contribution is 2.26. The van der Waals surface area contributed by atoms with Crippen LogP contribution in [0.2, 0.25) is 0 Å². The Bertz CT molecular complexity index is 796. The van der Waals surface area contributed by atoms with Crippen LogP contribution in [0.15, 0.2) is 42.5 Å². The Morgan fingerprint density at radius 1 is 1.24 bits per heavy atom. The number of amides is 1. The van der Waals surface area contributed by atoms with E-state index in [0.717, 1.165) is 11.6 Å². The maximum absolute atomic E-state index is 13.8. The fraction of sp³-hybridized carbons (Fsp3) is 0.316. The van der Waals surface area contributed by atoms with E-state index >= 15 is 0 Å². The Balaban J connectivity index is 1.67. The van der Waals surface area contributed by atoms with Crippen molar-refractivity contribution in [1.82, 2.24) is 4.90 Å². The molecule has 1 aliphatic rings. The van der Waals surface area contributed by atoms with Gasteiger partial charge >= 0.3 is 0 Å². The second-order valence-corrected chi connectivity index (χ2v) is 6.36. The van der Waals surface area contributed by atoms with E-state index in [1.54, 1.807) is 6.07 Å². The van der Waals surface area contributed by atoms with E-state index in [1.807, 2.05) is 25.1 Å². The first-order valence-electron chi connectivity index (χ1n) is 8.04. The summed E-state index contributed by atoms with van der Waals surface area (Å²) in [5, 5.41) is 10.6. The third-order valence-corrected chi connectivity index (χ3v) is 4.39. The highest BCUT2D eigenvalue weighted by Gasteiger charge is 2.40. The topological polar surface area (TPSA) is 49.8 Å². The second-order valence-electron chi connectivity index (χ2n) is 6.36. The predicted octanol–water partition coefficient (Wildman–Crippen LogP) is 2.93. The van der Waals surface area contributed by atoms with Gasteiger partial charge in [-0.25, -0.2) is 8.78 Å². The molecule has 6 heteroatoms. The number of halogens is 2. The van der Waals surface area contributed by atoms with Gasteiger partial charge in [0.15, 0.2) is 11.6 Å². The molecule has 0 spiro atoms. The molecule has 0 saturated carbocycles. The zero-order valence-corrected chi connectivity index (χ0v) is 13.8. The number of nitrogens with zero attached hydrogens (tertiary/aromatic N) is 1. The predicted molar refractivity (Wildman–Crippen MR) is 88.5 cm³/mol. The maximum Gasteiger partial charge on any atom is 0.257 e. The van der Waals surface area contributed by atoms with Gasteiger partial charge in [-0.1, -0.05) is 24.3 Å². The minimum Gasteiger partial charge on any atom is -0.490 e. The number of hydrogen-bond acceptors (Lipinski definition) is 3. The van der Waals surface area contributed by atoms with Gasteiger partial charge in [0.25, 0.3) is 5.91 Å². The summed E-state index contributed by atoms with van der Waals surface area (Å²) in [5.74, 6) is -2.21. The van der Waals surface area contributed by atoms with Crippen molar-refractivity contribution in [2.75, 3.05) is 19.7 Å². The smallest absolute Gasteiger partial charge is 0.257 e. The van der Waals surface area contributed by atoms with Crippen molar-refractivity contribution in [3.05, 3.63) is 65.2 Å². The summed E-state index contributed by atoms with van der Waals surface area (Å²) in [6.07, 6.45) is 0.307. The number of ether oxygens (including phenoxy) is 1. The molecule has 0 aliphatic carbocycles. The average molecular weight is 347 g/mol. The summed E-state index contributed by atoms with van der Waals surface area (Å²) < 4.78 is 32.8. The van der Waals surface area contributed by atoms with E-state index in [9.17, 15) is 18.7 Å². The summed E-state index contributed by atoms with van der Waals surface area (Å²) >= 11 is 0. The normalized spacial score (nSPS) is 19.9. The molecular weight excluding hydrogens is 328 g/mol. The van der Waals surface area contributed by atoms with Crippen LogP contribution in [0.1, 0.15) is 22.3 Å². The number of likely N-dealkylation sites (tertiary alicyclic amines) is 1. The number of aliphatic hydroxyl groups is 1.